The van der Waals surface area contributed by atoms with Crippen molar-refractivity contribution in [3.63, 3.8) is 0 Å². The summed E-state index contributed by atoms with van der Waals surface area (Å²) in [7, 11) is 0. The van der Waals surface area contributed by atoms with Crippen molar-refractivity contribution in [3.05, 3.63) is 22.8 Å². The Morgan fingerprint density at radius 2 is 1.50 bits per heavy atom. The Morgan fingerprint density at radius 1 is 1.08 bits per heavy atom. The third-order valence-electron chi connectivity index (χ3n) is 2.24. The Balaban J connectivity index is -0.000000270. The first-order valence-electron chi connectivity index (χ1n) is 3.40. The molecule has 0 saturated carbocycles. The van der Waals surface area contributed by atoms with Crippen molar-refractivity contribution in [2.45, 2.75) is 27.7 Å². The molecule has 0 aromatic heterocycles. The summed E-state index contributed by atoms with van der Waals surface area (Å²) in [5.41, 5.74) is 4.25. The van der Waals surface area contributed by atoms with Gasteiger partial charge < -0.3 is 9.41 Å². The van der Waals surface area contributed by atoms with Crippen LogP contribution in [0.15, 0.2) is 16.7 Å². The molecular weight excluding hydrogens is 194 g/mol. The van der Waals surface area contributed by atoms with Crippen molar-refractivity contribution >= 4 is 0 Å². The maximum atomic E-state index is 3.36. The van der Waals surface area contributed by atoms with Gasteiger partial charge in [0.2, 0.25) is 0 Å². The zero-order chi connectivity index (χ0) is 7.02. The molecule has 1 radical (unpaired) electrons. The van der Waals surface area contributed by atoms with Crippen molar-refractivity contribution in [1.82, 2.24) is 0 Å². The maximum absolute atomic E-state index is 3.36. The van der Waals surface area contributed by atoms with E-state index < -0.39 is 0 Å². The average Bonchev–Trinajstić information content (AvgIpc) is 1.98. The van der Waals surface area contributed by atoms with Gasteiger partial charge in [-0.3, -0.25) is 6.08 Å². The van der Waals surface area contributed by atoms with Gasteiger partial charge in [-0.2, -0.15) is 11.1 Å². The van der Waals surface area contributed by atoms with Gasteiger partial charge in [0.25, 0.3) is 0 Å². The Kier molecular flexibility index (Phi) is 9.82. The summed E-state index contributed by atoms with van der Waals surface area (Å²) in [5.74, 6) is 0.560. The van der Waals surface area contributed by atoms with Gasteiger partial charge in [0.1, 0.15) is 0 Å². The van der Waals surface area contributed by atoms with E-state index >= 15 is 0 Å². The Hall–Kier alpha value is 0.0543. The van der Waals surface area contributed by atoms with Crippen LogP contribution >= 0.6 is 0 Å². The van der Waals surface area contributed by atoms with Gasteiger partial charge in [0.15, 0.2) is 0 Å². The van der Waals surface area contributed by atoms with Crippen LogP contribution in [-0.2, 0) is 21.7 Å². The third-order valence-corrected chi connectivity index (χ3v) is 2.24. The minimum absolute atomic E-state index is 0. The summed E-state index contributed by atoms with van der Waals surface area (Å²) in [4.78, 5) is 0. The molecule has 0 bridgehead atoms. The Morgan fingerprint density at radius 3 is 1.58 bits per heavy atom. The molecular formula is C9H13F2Ti. The van der Waals surface area contributed by atoms with E-state index in [0.29, 0.717) is 5.92 Å². The minimum Gasteiger partial charge on any atom is -1.00 e. The van der Waals surface area contributed by atoms with Gasteiger partial charge in [0, 0.05) is 0 Å². The van der Waals surface area contributed by atoms with Gasteiger partial charge >= 0.3 is 21.7 Å². The van der Waals surface area contributed by atoms with Crippen LogP contribution in [0.3, 0.4) is 0 Å². The van der Waals surface area contributed by atoms with E-state index in [4.69, 9.17) is 0 Å². The second kappa shape index (κ2) is 6.56. The molecule has 0 amide bonds. The van der Waals surface area contributed by atoms with Crippen LogP contribution in [-0.4, -0.2) is 0 Å². The van der Waals surface area contributed by atoms with Crippen molar-refractivity contribution in [1.29, 1.82) is 0 Å². The minimum atomic E-state index is 0. The SMILES string of the molecule is CC1=[C-]C(C)C(C)=C1C.[F-].[F-].[Ti+3]. The average molecular weight is 207 g/mol. The summed E-state index contributed by atoms with van der Waals surface area (Å²) in [6, 6.07) is 0. The molecule has 67 valence electrons. The van der Waals surface area contributed by atoms with Gasteiger partial charge in [-0.05, 0) is 0 Å². The van der Waals surface area contributed by atoms with Crippen molar-refractivity contribution < 1.29 is 31.1 Å². The summed E-state index contributed by atoms with van der Waals surface area (Å²) < 4.78 is 0. The second-order valence-corrected chi connectivity index (χ2v) is 2.80. The van der Waals surface area contributed by atoms with Crippen LogP contribution in [0.5, 0.6) is 0 Å². The normalized spacial score (nSPS) is 20.3. The summed E-state index contributed by atoms with van der Waals surface area (Å²) in [6.45, 7) is 8.67. The fraction of sp³-hybridized carbons (Fsp3) is 0.556. The number of allylic oxidation sites excluding steroid dienone is 4. The fourth-order valence-electron chi connectivity index (χ4n) is 1.16. The third kappa shape index (κ3) is 3.20. The van der Waals surface area contributed by atoms with Crippen LogP contribution in [0.2, 0.25) is 0 Å². The molecule has 1 rings (SSSR count). The molecule has 0 spiro atoms. The largest absolute Gasteiger partial charge is 3.00 e. The molecule has 0 nitrogen and oxygen atoms in total. The van der Waals surface area contributed by atoms with E-state index in [2.05, 4.69) is 33.8 Å². The zero-order valence-electron chi connectivity index (χ0n) is 7.83. The van der Waals surface area contributed by atoms with Crippen molar-refractivity contribution in [2.75, 3.05) is 0 Å². The molecule has 0 aromatic rings. The summed E-state index contributed by atoms with van der Waals surface area (Å²) in [5, 5.41) is 0. The van der Waals surface area contributed by atoms with E-state index in [0.717, 1.165) is 0 Å². The fourth-order valence-corrected chi connectivity index (χ4v) is 1.16. The van der Waals surface area contributed by atoms with E-state index in [9.17, 15) is 0 Å². The van der Waals surface area contributed by atoms with Crippen LogP contribution in [0.1, 0.15) is 27.7 Å². The molecule has 0 N–H and O–H groups in total. The zero-order valence-corrected chi connectivity index (χ0v) is 9.39. The molecule has 0 aliphatic heterocycles. The predicted octanol–water partition coefficient (Wildman–Crippen LogP) is -3.27. The number of rotatable bonds is 0. The van der Waals surface area contributed by atoms with Crippen molar-refractivity contribution in [2.24, 2.45) is 5.92 Å². The van der Waals surface area contributed by atoms with Crippen LogP contribution in [0, 0.1) is 12.0 Å². The van der Waals surface area contributed by atoms with Gasteiger partial charge in [-0.25, -0.2) is 5.57 Å². The second-order valence-electron chi connectivity index (χ2n) is 2.80. The van der Waals surface area contributed by atoms with Gasteiger partial charge in [-0.1, -0.05) is 26.7 Å². The topological polar surface area (TPSA) is 0 Å². The molecule has 12 heavy (non-hydrogen) atoms. The van der Waals surface area contributed by atoms with E-state index in [1.165, 1.54) is 16.7 Å². The molecule has 0 heterocycles. The molecule has 3 heteroatoms. The first-order chi connectivity index (χ1) is 4.13. The number of hydrogen-bond acceptors (Lipinski definition) is 0. The van der Waals surface area contributed by atoms with Crippen LogP contribution in [0.25, 0.3) is 0 Å². The van der Waals surface area contributed by atoms with Crippen molar-refractivity contribution in [3.8, 4) is 0 Å². The molecule has 1 atom stereocenters. The molecule has 1 aliphatic carbocycles. The molecule has 1 aliphatic rings. The first kappa shape index (κ1) is 18.0. The van der Waals surface area contributed by atoms with Crippen LogP contribution < -0.4 is 9.41 Å². The number of hydrogen-bond donors (Lipinski definition) is 0. The molecule has 0 aromatic carbocycles. The van der Waals surface area contributed by atoms with Gasteiger partial charge in [-0.15, -0.1) is 6.92 Å². The molecule has 0 saturated heterocycles. The van der Waals surface area contributed by atoms with Crippen LogP contribution in [0.4, 0.5) is 0 Å². The monoisotopic (exact) mass is 207 g/mol. The first-order valence-corrected chi connectivity index (χ1v) is 3.40. The smallest absolute Gasteiger partial charge is 1.00 e. The Bertz CT molecular complexity index is 195. The molecule has 0 fully saturated rings. The summed E-state index contributed by atoms with van der Waals surface area (Å²) in [6.07, 6.45) is 3.36. The molecule has 1 unspecified atom stereocenters. The standard InChI is InChI=1S/C9H13.2FH.Ti/c1-6-5-7(2)9(4)8(6)3;;;/h6H,1-4H3;2*1H;/q-1;;;+3/p-2. The quantitative estimate of drug-likeness (QED) is 0.289. The summed E-state index contributed by atoms with van der Waals surface area (Å²) >= 11 is 0. The van der Waals surface area contributed by atoms with E-state index in [-0.39, 0.29) is 31.1 Å². The number of halogens is 2. The predicted molar refractivity (Wildman–Crippen MR) is 40.0 cm³/mol. The van der Waals surface area contributed by atoms with Gasteiger partial charge in [0.05, 0.1) is 0 Å². The van der Waals surface area contributed by atoms with E-state index in [1.807, 2.05) is 0 Å². The Labute approximate surface area is 87.7 Å². The van der Waals surface area contributed by atoms with E-state index in [1.54, 1.807) is 0 Å². The maximum Gasteiger partial charge on any atom is 3.00 e.